The molecule has 3 aliphatic carbocycles. The van der Waals surface area contributed by atoms with Gasteiger partial charge >= 0.3 is 0 Å². The van der Waals surface area contributed by atoms with Crippen LogP contribution in [0.5, 0.6) is 5.75 Å². The van der Waals surface area contributed by atoms with Gasteiger partial charge in [0.2, 0.25) is 0 Å². The Morgan fingerprint density at radius 2 is 1.05 bits per heavy atom. The summed E-state index contributed by atoms with van der Waals surface area (Å²) in [6, 6.07) is 69.8. The van der Waals surface area contributed by atoms with Crippen molar-refractivity contribution in [2.45, 2.75) is 23.2 Å². The van der Waals surface area contributed by atoms with Gasteiger partial charge in [0.1, 0.15) is 11.5 Å². The van der Waals surface area contributed by atoms with Crippen LogP contribution < -0.4 is 4.74 Å². The Labute approximate surface area is 321 Å². The zero-order valence-electron chi connectivity index (χ0n) is 30.2. The third-order valence-electron chi connectivity index (χ3n) is 13.0. The van der Waals surface area contributed by atoms with Crippen LogP contribution in [0.3, 0.4) is 0 Å². The molecule has 258 valence electrons. The Morgan fingerprint density at radius 3 is 1.84 bits per heavy atom. The van der Waals surface area contributed by atoms with Gasteiger partial charge in [-0.05, 0) is 84.5 Å². The van der Waals surface area contributed by atoms with E-state index in [-0.39, 0.29) is 5.92 Å². The summed E-state index contributed by atoms with van der Waals surface area (Å²) >= 11 is 0. The van der Waals surface area contributed by atoms with Crippen LogP contribution in [0.25, 0.3) is 33.0 Å². The fraction of sp³-hybridized carbons (Fsp3) is 0.0741. The third-order valence-corrected chi connectivity index (χ3v) is 13.0. The molecular formula is C54H36O. The predicted octanol–water partition coefficient (Wildman–Crippen LogP) is 12.9. The van der Waals surface area contributed by atoms with Crippen molar-refractivity contribution in [1.29, 1.82) is 0 Å². The van der Waals surface area contributed by atoms with Crippen molar-refractivity contribution < 1.29 is 4.74 Å². The lowest BCUT2D eigenvalue weighted by molar-refractivity contribution is 0.344. The highest BCUT2D eigenvalue weighted by molar-refractivity contribution is 6.06. The maximum Gasteiger partial charge on any atom is 0.131 e. The number of rotatable bonds is 3. The average molecular weight is 701 g/mol. The fourth-order valence-corrected chi connectivity index (χ4v) is 10.9. The standard InChI is InChI=1S/C54H36O/c1-3-17-37(18-4-1)53(38-19-5-2-6-20-38)47-27-13-14-29-50(47)55-52-40(24-15-28-49(52)53)36-31-32-46-43(34-36)41-22-9-11-25-44(41)54(46)45-26-12-10-23-42(45)51-39-21-8-7-16-35(39)30-33-48(51)54/h1-23,25-34,40H,24H2. The molecule has 0 amide bonds. The molecule has 2 unspecified atom stereocenters. The fourth-order valence-electron chi connectivity index (χ4n) is 10.9. The van der Waals surface area contributed by atoms with Crippen molar-refractivity contribution in [3.63, 3.8) is 0 Å². The highest BCUT2D eigenvalue weighted by atomic mass is 16.5. The van der Waals surface area contributed by atoms with Crippen LogP contribution in [0.4, 0.5) is 0 Å². The number of fused-ring (bicyclic) bond motifs is 13. The van der Waals surface area contributed by atoms with Crippen LogP contribution in [-0.2, 0) is 10.8 Å². The molecule has 0 fully saturated rings. The Morgan fingerprint density at radius 1 is 0.455 bits per heavy atom. The second-order valence-electron chi connectivity index (χ2n) is 15.4. The maximum atomic E-state index is 7.15. The van der Waals surface area contributed by atoms with Gasteiger partial charge in [-0.2, -0.15) is 0 Å². The lowest BCUT2D eigenvalue weighted by Gasteiger charge is -2.44. The number of hydrogen-bond acceptors (Lipinski definition) is 1. The van der Waals surface area contributed by atoms with Gasteiger partial charge < -0.3 is 4.74 Å². The van der Waals surface area contributed by atoms with E-state index in [1.54, 1.807) is 0 Å². The van der Waals surface area contributed by atoms with Crippen molar-refractivity contribution in [2.75, 3.05) is 0 Å². The summed E-state index contributed by atoms with van der Waals surface area (Å²) in [5.41, 5.74) is 16.0. The van der Waals surface area contributed by atoms with Gasteiger partial charge in [-0.15, -0.1) is 0 Å². The maximum absolute atomic E-state index is 7.15. The van der Waals surface area contributed by atoms with E-state index in [0.29, 0.717) is 0 Å². The molecule has 1 heterocycles. The summed E-state index contributed by atoms with van der Waals surface area (Å²) in [6.07, 6.45) is 5.58. The van der Waals surface area contributed by atoms with Gasteiger partial charge in [0.05, 0.1) is 10.8 Å². The monoisotopic (exact) mass is 700 g/mol. The van der Waals surface area contributed by atoms with Crippen LogP contribution in [0.15, 0.2) is 212 Å². The number of para-hydroxylation sites is 1. The first kappa shape index (κ1) is 30.7. The molecule has 0 radical (unpaired) electrons. The molecule has 2 atom stereocenters. The average Bonchev–Trinajstić information content (AvgIpc) is 3.73. The highest BCUT2D eigenvalue weighted by Crippen LogP contribution is 2.64. The number of ether oxygens (including phenoxy) is 1. The molecular weight excluding hydrogens is 665 g/mol. The second-order valence-corrected chi connectivity index (χ2v) is 15.4. The Balaban J connectivity index is 1.10. The zero-order valence-corrected chi connectivity index (χ0v) is 30.2. The summed E-state index contributed by atoms with van der Waals surface area (Å²) in [5, 5.41) is 2.59. The summed E-state index contributed by atoms with van der Waals surface area (Å²) in [4.78, 5) is 0. The SMILES string of the molecule is C1=CC2=C(Oc3ccccc3C2(c2ccccc2)c2ccccc2)C(c2ccc3c(c2)-c2ccccc2C32c3ccccc3-c3c2ccc2ccccc32)C1. The van der Waals surface area contributed by atoms with E-state index in [0.717, 1.165) is 17.9 Å². The van der Waals surface area contributed by atoms with E-state index in [2.05, 4.69) is 200 Å². The number of allylic oxidation sites excluding steroid dienone is 4. The first-order valence-corrected chi connectivity index (χ1v) is 19.5. The van der Waals surface area contributed by atoms with E-state index in [4.69, 9.17) is 4.74 Å². The van der Waals surface area contributed by atoms with Crippen LogP contribution in [0, 0.1) is 0 Å². The predicted molar refractivity (Wildman–Crippen MR) is 224 cm³/mol. The lowest BCUT2D eigenvalue weighted by atomic mass is 9.61. The molecule has 8 aromatic rings. The summed E-state index contributed by atoms with van der Waals surface area (Å²) in [6.45, 7) is 0. The minimum atomic E-state index is -0.532. The van der Waals surface area contributed by atoms with Gasteiger partial charge in [0.15, 0.2) is 0 Å². The summed E-state index contributed by atoms with van der Waals surface area (Å²) < 4.78 is 7.15. The first-order chi connectivity index (χ1) is 27.3. The van der Waals surface area contributed by atoms with Crippen molar-refractivity contribution in [3.8, 4) is 28.0 Å². The minimum absolute atomic E-state index is 0.0428. The van der Waals surface area contributed by atoms with Gasteiger partial charge in [0, 0.05) is 17.1 Å². The first-order valence-electron chi connectivity index (χ1n) is 19.5. The Bertz CT molecular complexity index is 2890. The number of benzene rings is 8. The van der Waals surface area contributed by atoms with Gasteiger partial charge in [-0.3, -0.25) is 0 Å². The molecule has 0 aromatic heterocycles. The third kappa shape index (κ3) is 3.92. The minimum Gasteiger partial charge on any atom is -0.460 e. The van der Waals surface area contributed by atoms with E-state index in [1.165, 1.54) is 83.1 Å². The molecule has 0 saturated heterocycles. The molecule has 4 aliphatic rings. The van der Waals surface area contributed by atoms with Crippen molar-refractivity contribution >= 4 is 10.8 Å². The molecule has 1 nitrogen and oxygen atoms in total. The zero-order chi connectivity index (χ0) is 36.1. The van der Waals surface area contributed by atoms with E-state index in [1.807, 2.05) is 0 Å². The molecule has 55 heavy (non-hydrogen) atoms. The molecule has 12 rings (SSSR count). The smallest absolute Gasteiger partial charge is 0.131 e. The van der Waals surface area contributed by atoms with Crippen molar-refractivity contribution in [3.05, 3.63) is 256 Å². The van der Waals surface area contributed by atoms with Crippen LogP contribution >= 0.6 is 0 Å². The molecule has 0 saturated carbocycles. The van der Waals surface area contributed by atoms with Gasteiger partial charge in [-0.25, -0.2) is 0 Å². The largest absolute Gasteiger partial charge is 0.460 e. The van der Waals surface area contributed by atoms with E-state index >= 15 is 0 Å². The molecule has 8 aromatic carbocycles. The molecule has 0 N–H and O–H groups in total. The quantitative estimate of drug-likeness (QED) is 0.178. The Kier molecular flexibility index (Phi) is 6.37. The van der Waals surface area contributed by atoms with Gasteiger partial charge in [-0.1, -0.05) is 194 Å². The van der Waals surface area contributed by atoms with Crippen LogP contribution in [-0.4, -0.2) is 0 Å². The van der Waals surface area contributed by atoms with E-state index < -0.39 is 10.8 Å². The summed E-state index contributed by atoms with van der Waals surface area (Å²) in [7, 11) is 0. The second kappa shape index (κ2) is 11.4. The van der Waals surface area contributed by atoms with Gasteiger partial charge in [0.25, 0.3) is 0 Å². The van der Waals surface area contributed by atoms with Crippen LogP contribution in [0.1, 0.15) is 56.8 Å². The topological polar surface area (TPSA) is 9.23 Å². The highest BCUT2D eigenvalue weighted by Gasteiger charge is 2.53. The molecule has 0 bridgehead atoms. The van der Waals surface area contributed by atoms with Crippen LogP contribution in [0.2, 0.25) is 0 Å². The van der Waals surface area contributed by atoms with Crippen molar-refractivity contribution in [1.82, 2.24) is 0 Å². The number of hydrogen-bond donors (Lipinski definition) is 0. The normalized spacial score (nSPS) is 19.2. The molecule has 1 spiro atoms. The Hall–Kier alpha value is -6.70. The molecule has 1 heteroatoms. The van der Waals surface area contributed by atoms with E-state index in [9.17, 15) is 0 Å². The summed E-state index contributed by atoms with van der Waals surface area (Å²) in [5.74, 6) is 2.00. The molecule has 1 aliphatic heterocycles. The van der Waals surface area contributed by atoms with Crippen molar-refractivity contribution in [2.24, 2.45) is 0 Å². The lowest BCUT2D eigenvalue weighted by Crippen LogP contribution is -2.38.